The van der Waals surface area contributed by atoms with Crippen LogP contribution in [0.1, 0.15) is 89.7 Å². The molecule has 3 fully saturated rings. The minimum absolute atomic E-state index is 0.0682. The van der Waals surface area contributed by atoms with Crippen molar-refractivity contribution in [2.24, 2.45) is 13.0 Å². The Labute approximate surface area is 240 Å². The molecule has 0 bridgehead atoms. The Hall–Kier alpha value is -3.18. The molecular formula is C30H43N5O6. The van der Waals surface area contributed by atoms with Crippen LogP contribution >= 0.6 is 0 Å². The molecule has 2 saturated heterocycles. The third-order valence-electron chi connectivity index (χ3n) is 8.91. The molecule has 224 valence electrons. The van der Waals surface area contributed by atoms with Crippen LogP contribution in [0.15, 0.2) is 23.0 Å². The van der Waals surface area contributed by atoms with Crippen LogP contribution < -0.4 is 16.3 Å². The predicted molar refractivity (Wildman–Crippen MR) is 153 cm³/mol. The Morgan fingerprint density at radius 1 is 1.05 bits per heavy atom. The SMILES string of the molecule is Cn1c(=O)n(C2CCC(=O)NC2=O)c2cccc(C3CCN(C(O)C4CCC(NC(=O)OC(C)(C)C)CC4)CC3)c21. The molecule has 1 aliphatic carbocycles. The fourth-order valence-electron chi connectivity index (χ4n) is 6.84. The zero-order chi connectivity index (χ0) is 29.5. The lowest BCUT2D eigenvalue weighted by Crippen LogP contribution is -2.47. The lowest BCUT2D eigenvalue weighted by Gasteiger charge is -2.40. The number of carbonyl (C=O) groups is 3. The number of nitrogens with one attached hydrogen (secondary N) is 2. The molecule has 2 unspecified atom stereocenters. The molecule has 11 nitrogen and oxygen atoms in total. The highest BCUT2D eigenvalue weighted by molar-refractivity contribution is 6.00. The number of rotatable bonds is 5. The standard InChI is InChI=1S/C30H43N5O6/c1-30(2,3)41-28(39)31-20-10-8-19(9-11-20)27(38)34-16-14-18(15-17-34)21-6-5-7-22-25(21)33(4)29(40)35(22)23-12-13-24(36)32-26(23)37/h5-7,18-20,23,27,38H,8-17H2,1-4H3,(H,31,39)(H,32,36,37). The predicted octanol–water partition coefficient (Wildman–Crippen LogP) is 2.90. The van der Waals surface area contributed by atoms with Crippen molar-refractivity contribution in [3.05, 3.63) is 34.2 Å². The lowest BCUT2D eigenvalue weighted by atomic mass is 9.83. The Kier molecular flexibility index (Phi) is 8.29. The topological polar surface area (TPSA) is 135 Å². The van der Waals surface area contributed by atoms with Crippen molar-refractivity contribution in [1.29, 1.82) is 0 Å². The van der Waals surface area contributed by atoms with Crippen molar-refractivity contribution in [1.82, 2.24) is 24.7 Å². The van der Waals surface area contributed by atoms with Gasteiger partial charge in [-0.2, -0.15) is 0 Å². The summed E-state index contributed by atoms with van der Waals surface area (Å²) in [4.78, 5) is 51.8. The van der Waals surface area contributed by atoms with Crippen LogP contribution in [0.3, 0.4) is 0 Å². The van der Waals surface area contributed by atoms with Crippen LogP contribution in [0.25, 0.3) is 11.0 Å². The van der Waals surface area contributed by atoms with Crippen molar-refractivity contribution >= 4 is 28.9 Å². The van der Waals surface area contributed by atoms with Crippen LogP contribution in [0, 0.1) is 5.92 Å². The fraction of sp³-hybridized carbons (Fsp3) is 0.667. The number of carbonyl (C=O) groups excluding carboxylic acids is 3. The maximum atomic E-state index is 13.3. The summed E-state index contributed by atoms with van der Waals surface area (Å²) in [6.45, 7) is 7.05. The molecule has 5 rings (SSSR count). The number of amides is 3. The van der Waals surface area contributed by atoms with Crippen molar-refractivity contribution in [2.45, 2.75) is 102 Å². The Balaban J connectivity index is 1.21. The maximum Gasteiger partial charge on any atom is 0.407 e. The first-order valence-electron chi connectivity index (χ1n) is 14.9. The summed E-state index contributed by atoms with van der Waals surface area (Å²) in [7, 11) is 1.74. The zero-order valence-corrected chi connectivity index (χ0v) is 24.5. The van der Waals surface area contributed by atoms with Crippen LogP contribution in [-0.2, 0) is 21.4 Å². The van der Waals surface area contributed by atoms with E-state index in [-0.39, 0.29) is 42.0 Å². The molecule has 3 amide bonds. The number of aliphatic hydroxyl groups excluding tert-OH is 1. The van der Waals surface area contributed by atoms with Gasteiger partial charge in [0.05, 0.1) is 11.0 Å². The number of imide groups is 1. The molecule has 0 radical (unpaired) electrons. The number of likely N-dealkylation sites (tertiary alicyclic amines) is 1. The summed E-state index contributed by atoms with van der Waals surface area (Å²) in [5, 5.41) is 16.6. The highest BCUT2D eigenvalue weighted by Crippen LogP contribution is 2.36. The van der Waals surface area contributed by atoms with Crippen molar-refractivity contribution in [3.8, 4) is 0 Å². The second-order valence-corrected chi connectivity index (χ2v) is 12.9. The second-order valence-electron chi connectivity index (χ2n) is 12.9. The van der Waals surface area contributed by atoms with Gasteiger partial charge in [0.2, 0.25) is 11.8 Å². The van der Waals surface area contributed by atoms with Crippen LogP contribution in [0.2, 0.25) is 0 Å². The van der Waals surface area contributed by atoms with E-state index in [2.05, 4.69) is 21.6 Å². The average Bonchev–Trinajstić information content (AvgIpc) is 3.17. The summed E-state index contributed by atoms with van der Waals surface area (Å²) >= 11 is 0. The van der Waals surface area contributed by atoms with E-state index in [0.717, 1.165) is 62.7 Å². The maximum absolute atomic E-state index is 13.3. The molecule has 1 aromatic heterocycles. The van der Waals surface area contributed by atoms with Crippen molar-refractivity contribution in [3.63, 3.8) is 0 Å². The van der Waals surface area contributed by atoms with Crippen molar-refractivity contribution < 1.29 is 24.2 Å². The number of hydrogen-bond acceptors (Lipinski definition) is 7. The van der Waals surface area contributed by atoms with E-state index < -0.39 is 23.8 Å². The number of fused-ring (bicyclic) bond motifs is 1. The van der Waals surface area contributed by atoms with Crippen LogP contribution in [0.5, 0.6) is 0 Å². The van der Waals surface area contributed by atoms with E-state index >= 15 is 0 Å². The summed E-state index contributed by atoms with van der Waals surface area (Å²) in [6.07, 6.45) is 4.64. The number of piperidine rings is 2. The van der Waals surface area contributed by atoms with Gasteiger partial charge >= 0.3 is 11.8 Å². The highest BCUT2D eigenvalue weighted by Gasteiger charge is 2.35. The molecule has 2 aliphatic heterocycles. The number of aliphatic hydroxyl groups is 1. The molecule has 41 heavy (non-hydrogen) atoms. The first-order chi connectivity index (χ1) is 19.4. The minimum atomic E-state index is -0.703. The smallest absolute Gasteiger partial charge is 0.407 e. The van der Waals surface area contributed by atoms with Gasteiger partial charge in [0, 0.05) is 32.6 Å². The number of aryl methyl sites for hydroxylation is 1. The molecule has 3 heterocycles. The number of aromatic nitrogens is 2. The van der Waals surface area contributed by atoms with E-state index in [9.17, 15) is 24.3 Å². The van der Waals surface area contributed by atoms with Crippen molar-refractivity contribution in [2.75, 3.05) is 13.1 Å². The Bertz CT molecular complexity index is 1360. The number of hydrogen-bond donors (Lipinski definition) is 3. The van der Waals surface area contributed by atoms with Gasteiger partial charge in [-0.1, -0.05) is 12.1 Å². The number of imidazole rings is 1. The first-order valence-corrected chi connectivity index (χ1v) is 14.9. The number of ether oxygens (including phenoxy) is 1. The minimum Gasteiger partial charge on any atom is -0.444 e. The quantitative estimate of drug-likeness (QED) is 0.471. The van der Waals surface area contributed by atoms with E-state index in [0.29, 0.717) is 11.9 Å². The molecule has 0 spiro atoms. The van der Waals surface area contributed by atoms with Gasteiger partial charge in [0.15, 0.2) is 0 Å². The van der Waals surface area contributed by atoms with E-state index in [1.54, 1.807) is 11.6 Å². The van der Waals surface area contributed by atoms with E-state index in [4.69, 9.17) is 4.74 Å². The lowest BCUT2D eigenvalue weighted by molar-refractivity contribution is -0.135. The van der Waals surface area contributed by atoms with Gasteiger partial charge in [0.1, 0.15) is 17.9 Å². The van der Waals surface area contributed by atoms with E-state index in [1.165, 1.54) is 4.57 Å². The summed E-state index contributed by atoms with van der Waals surface area (Å²) in [5.74, 6) is -0.355. The fourth-order valence-corrected chi connectivity index (χ4v) is 6.84. The summed E-state index contributed by atoms with van der Waals surface area (Å²) < 4.78 is 8.54. The zero-order valence-electron chi connectivity index (χ0n) is 24.5. The monoisotopic (exact) mass is 569 g/mol. The molecule has 11 heteroatoms. The Morgan fingerprint density at radius 2 is 1.73 bits per heavy atom. The number of alkyl carbamates (subject to hydrolysis) is 1. The molecule has 3 aliphatic rings. The molecule has 1 saturated carbocycles. The number of para-hydroxylation sites is 1. The second kappa shape index (κ2) is 11.6. The van der Waals surface area contributed by atoms with Gasteiger partial charge in [-0.25, -0.2) is 9.59 Å². The first kappa shape index (κ1) is 29.3. The summed E-state index contributed by atoms with van der Waals surface area (Å²) in [5.41, 5.74) is 1.84. The molecule has 3 N–H and O–H groups in total. The van der Waals surface area contributed by atoms with Gasteiger partial charge in [-0.15, -0.1) is 0 Å². The summed E-state index contributed by atoms with van der Waals surface area (Å²) in [6, 6.07) is 5.23. The average molecular weight is 570 g/mol. The normalized spacial score (nSPS) is 25.6. The Morgan fingerprint density at radius 3 is 2.37 bits per heavy atom. The number of nitrogens with zero attached hydrogens (tertiary/aromatic N) is 3. The highest BCUT2D eigenvalue weighted by atomic mass is 16.6. The molecule has 2 aromatic rings. The van der Waals surface area contributed by atoms with Crippen LogP contribution in [0.4, 0.5) is 4.79 Å². The van der Waals surface area contributed by atoms with Gasteiger partial charge in [-0.3, -0.25) is 28.9 Å². The largest absolute Gasteiger partial charge is 0.444 e. The third kappa shape index (κ3) is 6.21. The van der Waals surface area contributed by atoms with Gasteiger partial charge < -0.3 is 15.2 Å². The van der Waals surface area contributed by atoms with Crippen LogP contribution in [-0.4, -0.2) is 68.0 Å². The van der Waals surface area contributed by atoms with Gasteiger partial charge in [0.25, 0.3) is 0 Å². The third-order valence-corrected chi connectivity index (χ3v) is 8.91. The van der Waals surface area contributed by atoms with E-state index in [1.807, 2.05) is 32.9 Å². The molecule has 2 atom stereocenters. The molecule has 1 aromatic carbocycles. The molecular weight excluding hydrogens is 526 g/mol. The number of benzene rings is 1. The van der Waals surface area contributed by atoms with Gasteiger partial charge in [-0.05, 0) is 89.2 Å².